The first-order valence-corrected chi connectivity index (χ1v) is 8.15. The molecule has 7 nitrogen and oxygen atoms in total. The summed E-state index contributed by atoms with van der Waals surface area (Å²) >= 11 is 0. The topological polar surface area (TPSA) is 96.7 Å². The van der Waals surface area contributed by atoms with E-state index in [1.807, 2.05) is 32.9 Å². The maximum absolute atomic E-state index is 11.9. The fraction of sp³-hybridized carbons (Fsp3) is 0.333. The smallest absolute Gasteiger partial charge is 0.254 e. The predicted octanol–water partition coefficient (Wildman–Crippen LogP) is 2.71. The lowest BCUT2D eigenvalue weighted by atomic mass is 10.1. The van der Waals surface area contributed by atoms with Crippen molar-refractivity contribution in [2.24, 2.45) is 0 Å². The Morgan fingerprint density at radius 3 is 2.56 bits per heavy atom. The first-order chi connectivity index (χ1) is 12.0. The number of H-pyrrole nitrogens is 1. The molecule has 0 aliphatic heterocycles. The zero-order chi connectivity index (χ0) is 18.0. The van der Waals surface area contributed by atoms with Crippen molar-refractivity contribution >= 4 is 5.82 Å². The van der Waals surface area contributed by atoms with Crippen LogP contribution in [0.2, 0.25) is 0 Å². The summed E-state index contributed by atoms with van der Waals surface area (Å²) in [4.78, 5) is 23.5. The van der Waals surface area contributed by atoms with E-state index in [1.165, 1.54) is 0 Å². The van der Waals surface area contributed by atoms with Crippen LogP contribution in [0, 0.1) is 27.7 Å². The minimum atomic E-state index is -0.121. The molecule has 0 aliphatic rings. The third-order valence-electron chi connectivity index (χ3n) is 4.29. The average Bonchev–Trinajstić information content (AvgIpc) is 2.92. The average molecular weight is 339 g/mol. The molecule has 0 aromatic carbocycles. The summed E-state index contributed by atoms with van der Waals surface area (Å²) < 4.78 is 5.16. The van der Waals surface area contributed by atoms with Crippen LogP contribution in [0.3, 0.4) is 0 Å². The van der Waals surface area contributed by atoms with Crippen molar-refractivity contribution in [3.63, 3.8) is 0 Å². The number of hydrogen-bond donors (Lipinski definition) is 2. The summed E-state index contributed by atoms with van der Waals surface area (Å²) in [5, 5.41) is 7.23. The number of aromatic nitrogens is 4. The number of nitrogens with one attached hydrogen (secondary N) is 2. The van der Waals surface area contributed by atoms with Crippen molar-refractivity contribution in [1.29, 1.82) is 0 Å². The summed E-state index contributed by atoms with van der Waals surface area (Å²) in [6, 6.07) is 3.76. The Kier molecular flexibility index (Phi) is 4.65. The van der Waals surface area contributed by atoms with E-state index in [0.29, 0.717) is 11.4 Å². The van der Waals surface area contributed by atoms with Gasteiger partial charge in [-0.2, -0.15) is 0 Å². The Balaban J connectivity index is 1.67. The van der Waals surface area contributed by atoms with E-state index >= 15 is 0 Å². The van der Waals surface area contributed by atoms with E-state index in [-0.39, 0.29) is 5.56 Å². The Morgan fingerprint density at radius 2 is 1.96 bits per heavy atom. The number of rotatable bonds is 5. The normalized spacial score (nSPS) is 10.9. The highest BCUT2D eigenvalue weighted by molar-refractivity contribution is 5.56. The van der Waals surface area contributed by atoms with Crippen molar-refractivity contribution in [3.05, 3.63) is 57.0 Å². The van der Waals surface area contributed by atoms with Crippen LogP contribution in [-0.4, -0.2) is 26.7 Å². The number of aryl methyl sites for hydroxylation is 3. The number of hydrogen-bond acceptors (Lipinski definition) is 6. The van der Waals surface area contributed by atoms with Crippen LogP contribution in [-0.2, 0) is 6.42 Å². The lowest BCUT2D eigenvalue weighted by Crippen LogP contribution is -2.14. The van der Waals surface area contributed by atoms with Crippen LogP contribution < -0.4 is 10.9 Å². The second-order valence-electron chi connectivity index (χ2n) is 6.04. The highest BCUT2D eigenvalue weighted by atomic mass is 16.5. The number of aromatic amines is 1. The van der Waals surface area contributed by atoms with Gasteiger partial charge >= 0.3 is 0 Å². The summed E-state index contributed by atoms with van der Waals surface area (Å²) in [5.74, 6) is 2.15. The van der Waals surface area contributed by atoms with Crippen molar-refractivity contribution in [3.8, 4) is 11.4 Å². The fourth-order valence-corrected chi connectivity index (χ4v) is 2.59. The molecule has 0 bridgehead atoms. The SMILES string of the molecule is Cc1noc(C)c1CCNc1ccc(-c2nc(C)c(C)c(=O)[nH]2)cn1. The molecule has 0 radical (unpaired) electrons. The van der Waals surface area contributed by atoms with Gasteiger partial charge in [0.25, 0.3) is 5.56 Å². The van der Waals surface area contributed by atoms with Crippen LogP contribution in [0.25, 0.3) is 11.4 Å². The quantitative estimate of drug-likeness (QED) is 0.742. The van der Waals surface area contributed by atoms with E-state index in [0.717, 1.165) is 47.1 Å². The van der Waals surface area contributed by atoms with Gasteiger partial charge in [-0.15, -0.1) is 0 Å². The summed E-state index contributed by atoms with van der Waals surface area (Å²) in [7, 11) is 0. The molecule has 3 aromatic heterocycles. The molecule has 2 N–H and O–H groups in total. The van der Waals surface area contributed by atoms with Gasteiger partial charge in [0.1, 0.15) is 17.4 Å². The fourth-order valence-electron chi connectivity index (χ4n) is 2.59. The predicted molar refractivity (Wildman–Crippen MR) is 95.7 cm³/mol. The van der Waals surface area contributed by atoms with Gasteiger partial charge in [-0.1, -0.05) is 5.16 Å². The molecule has 25 heavy (non-hydrogen) atoms. The van der Waals surface area contributed by atoms with Gasteiger partial charge in [0.2, 0.25) is 0 Å². The molecular weight excluding hydrogens is 318 g/mol. The van der Waals surface area contributed by atoms with Crippen LogP contribution >= 0.6 is 0 Å². The Bertz CT molecular complexity index is 922. The first kappa shape index (κ1) is 16.9. The molecule has 0 unspecified atom stereocenters. The third-order valence-corrected chi connectivity index (χ3v) is 4.29. The van der Waals surface area contributed by atoms with E-state index in [1.54, 1.807) is 13.1 Å². The largest absolute Gasteiger partial charge is 0.370 e. The maximum Gasteiger partial charge on any atom is 0.254 e. The molecule has 0 spiro atoms. The molecule has 7 heteroatoms. The third kappa shape index (κ3) is 3.60. The summed E-state index contributed by atoms with van der Waals surface area (Å²) in [5.41, 5.74) is 4.06. The van der Waals surface area contributed by atoms with Crippen LogP contribution in [0.15, 0.2) is 27.6 Å². The van der Waals surface area contributed by atoms with Gasteiger partial charge < -0.3 is 14.8 Å². The molecule has 0 saturated carbocycles. The van der Waals surface area contributed by atoms with Gasteiger partial charge in [0.05, 0.1) is 5.69 Å². The lowest BCUT2D eigenvalue weighted by Gasteiger charge is -2.07. The summed E-state index contributed by atoms with van der Waals surface area (Å²) in [6.45, 7) is 8.17. The molecule has 0 fully saturated rings. The maximum atomic E-state index is 11.9. The molecule has 0 atom stereocenters. The lowest BCUT2D eigenvalue weighted by molar-refractivity contribution is 0.392. The zero-order valence-electron chi connectivity index (χ0n) is 14.8. The highest BCUT2D eigenvalue weighted by Crippen LogP contribution is 2.16. The number of pyridine rings is 1. The van der Waals surface area contributed by atoms with E-state index < -0.39 is 0 Å². The van der Waals surface area contributed by atoms with Gasteiger partial charge in [0, 0.05) is 35.1 Å². The highest BCUT2D eigenvalue weighted by Gasteiger charge is 2.09. The van der Waals surface area contributed by atoms with Crippen molar-refractivity contribution < 1.29 is 4.52 Å². The molecule has 0 amide bonds. The van der Waals surface area contributed by atoms with Gasteiger partial charge in [-0.05, 0) is 46.2 Å². The second-order valence-corrected chi connectivity index (χ2v) is 6.04. The summed E-state index contributed by atoms with van der Waals surface area (Å²) in [6.07, 6.45) is 2.52. The first-order valence-electron chi connectivity index (χ1n) is 8.15. The Labute approximate surface area is 145 Å². The van der Waals surface area contributed by atoms with Gasteiger partial charge in [-0.3, -0.25) is 4.79 Å². The van der Waals surface area contributed by atoms with Gasteiger partial charge in [0.15, 0.2) is 0 Å². The zero-order valence-corrected chi connectivity index (χ0v) is 14.8. The monoisotopic (exact) mass is 339 g/mol. The minimum Gasteiger partial charge on any atom is -0.370 e. The van der Waals surface area contributed by atoms with Crippen molar-refractivity contribution in [2.45, 2.75) is 34.1 Å². The molecular formula is C18H21N5O2. The molecule has 0 aliphatic carbocycles. The van der Waals surface area contributed by atoms with Crippen LogP contribution in [0.1, 0.15) is 28.3 Å². The molecule has 0 saturated heterocycles. The standard InChI is InChI=1S/C18H21N5O2/c1-10-11(2)21-17(22-18(10)24)14-5-6-16(20-9-14)19-8-7-15-12(3)23-25-13(15)4/h5-6,9H,7-8H2,1-4H3,(H,19,20)(H,21,22,24). The number of nitrogens with zero attached hydrogens (tertiary/aromatic N) is 3. The molecule has 3 heterocycles. The van der Waals surface area contributed by atoms with E-state index in [9.17, 15) is 4.79 Å². The van der Waals surface area contributed by atoms with E-state index in [4.69, 9.17) is 4.52 Å². The molecule has 3 rings (SSSR count). The van der Waals surface area contributed by atoms with E-state index in [2.05, 4.69) is 25.4 Å². The van der Waals surface area contributed by atoms with Crippen molar-refractivity contribution in [2.75, 3.05) is 11.9 Å². The molecule has 130 valence electrons. The van der Waals surface area contributed by atoms with Crippen LogP contribution in [0.4, 0.5) is 5.82 Å². The number of anilines is 1. The Morgan fingerprint density at radius 1 is 1.16 bits per heavy atom. The molecule has 3 aromatic rings. The van der Waals surface area contributed by atoms with Crippen LogP contribution in [0.5, 0.6) is 0 Å². The Hall–Kier alpha value is -2.96. The van der Waals surface area contributed by atoms with Crippen molar-refractivity contribution in [1.82, 2.24) is 20.1 Å². The second kappa shape index (κ2) is 6.88. The van der Waals surface area contributed by atoms with Gasteiger partial charge in [-0.25, -0.2) is 9.97 Å². The minimum absolute atomic E-state index is 0.121.